The Kier molecular flexibility index (Phi) is 5.79. The summed E-state index contributed by atoms with van der Waals surface area (Å²) in [6.45, 7) is 4.15. The maximum atomic E-state index is 14.5. The Bertz CT molecular complexity index is 1240. The van der Waals surface area contributed by atoms with Gasteiger partial charge in [0, 0.05) is 24.2 Å². The van der Waals surface area contributed by atoms with Gasteiger partial charge in [-0.05, 0) is 48.5 Å². The second-order valence-corrected chi connectivity index (χ2v) is 5.95. The van der Waals surface area contributed by atoms with E-state index in [2.05, 4.69) is 32.5 Å². The molecule has 0 atom stereocenters. The number of rotatable bonds is 10. The summed E-state index contributed by atoms with van der Waals surface area (Å²) in [4.78, 5) is 19.6. The molecule has 2 aromatic carbocycles. The molecule has 8 nitrogen and oxygen atoms in total. The van der Waals surface area contributed by atoms with Gasteiger partial charge in [-0.3, -0.25) is 4.79 Å². The molecule has 0 bridgehead atoms. The molecule has 0 aliphatic heterocycles. The second kappa shape index (κ2) is 10.7. The van der Waals surface area contributed by atoms with Gasteiger partial charge in [-0.1, -0.05) is 12.6 Å². The van der Waals surface area contributed by atoms with Crippen molar-refractivity contribution in [1.29, 1.82) is 0 Å². The first-order chi connectivity index (χ1) is 16.7. The molecule has 3 N–H and O–H groups in total. The van der Waals surface area contributed by atoms with Gasteiger partial charge in [0.25, 0.3) is 0 Å². The number of aromatic nitrogens is 2. The molecule has 0 saturated heterocycles. The van der Waals surface area contributed by atoms with Crippen LogP contribution in [0, 0.1) is 5.82 Å². The summed E-state index contributed by atoms with van der Waals surface area (Å²) in [6, 6.07) is 4.74. The molecule has 1 heterocycles. The molecule has 0 aliphatic carbocycles. The zero-order valence-corrected chi connectivity index (χ0v) is 16.6. The van der Waals surface area contributed by atoms with Gasteiger partial charge in [-0.2, -0.15) is 4.98 Å². The lowest BCUT2D eigenvalue weighted by Gasteiger charge is -2.11. The Labute approximate surface area is 184 Å². The van der Waals surface area contributed by atoms with E-state index in [1.807, 2.05) is 0 Å². The molecule has 0 radical (unpaired) electrons. The Morgan fingerprint density at radius 2 is 1.97 bits per heavy atom. The standard InChI is InChI=1S/C22H22FN5O3/c1-3-20(29)25-16-5-4-6-17(13-16)26-21-19(23)14-24-22(28-21)27-15-7-9-18(10-8-15)31-12-11-30-2/h3-10,13-14H,1,11-12H2,2H3,(H,25,29)(H2,24,26,27,28)/i4D,5D,6D,13D. The lowest BCUT2D eigenvalue weighted by atomic mass is 10.2. The first-order valence-electron chi connectivity index (χ1n) is 11.1. The van der Waals surface area contributed by atoms with E-state index >= 15 is 0 Å². The van der Waals surface area contributed by atoms with Gasteiger partial charge in [0.1, 0.15) is 12.4 Å². The third-order valence-corrected chi connectivity index (χ3v) is 3.71. The van der Waals surface area contributed by atoms with Crippen LogP contribution in [0.1, 0.15) is 5.48 Å². The highest BCUT2D eigenvalue weighted by Crippen LogP contribution is 2.23. The van der Waals surface area contributed by atoms with E-state index in [0.29, 0.717) is 24.7 Å². The molecular weight excluding hydrogens is 401 g/mol. The average molecular weight is 427 g/mol. The van der Waals surface area contributed by atoms with E-state index in [9.17, 15) is 9.18 Å². The first-order valence-corrected chi connectivity index (χ1v) is 9.07. The lowest BCUT2D eigenvalue weighted by molar-refractivity contribution is -0.111. The van der Waals surface area contributed by atoms with Crippen LogP contribution in [-0.2, 0) is 9.53 Å². The summed E-state index contributed by atoms with van der Waals surface area (Å²) >= 11 is 0. The molecule has 3 rings (SSSR count). The van der Waals surface area contributed by atoms with Crippen LogP contribution < -0.4 is 20.7 Å². The van der Waals surface area contributed by atoms with E-state index in [-0.39, 0.29) is 23.1 Å². The maximum absolute atomic E-state index is 14.5. The molecule has 1 aromatic heterocycles. The number of nitrogens with zero attached hydrogens (tertiary/aromatic N) is 2. The smallest absolute Gasteiger partial charge is 0.247 e. The number of ether oxygens (including phenoxy) is 2. The van der Waals surface area contributed by atoms with Crippen molar-refractivity contribution in [3.05, 3.63) is 73.1 Å². The van der Waals surface area contributed by atoms with Gasteiger partial charge in [-0.15, -0.1) is 0 Å². The summed E-state index contributed by atoms with van der Waals surface area (Å²) in [5.74, 6) is -1.31. The molecule has 31 heavy (non-hydrogen) atoms. The molecule has 9 heteroatoms. The highest BCUT2D eigenvalue weighted by atomic mass is 19.1. The quantitative estimate of drug-likeness (QED) is 0.329. The van der Waals surface area contributed by atoms with Crippen molar-refractivity contribution < 1.29 is 24.1 Å². The molecule has 0 saturated carbocycles. The Hall–Kier alpha value is -3.98. The SMILES string of the molecule is [2H]c1c([2H])c(NC(=O)C=C)c([2H])c(Nc2nc(Nc3ccc(OCCOC)cc3)ncc2F)c1[2H]. The van der Waals surface area contributed by atoms with Gasteiger partial charge < -0.3 is 25.4 Å². The Morgan fingerprint density at radius 1 is 1.19 bits per heavy atom. The lowest BCUT2D eigenvalue weighted by Crippen LogP contribution is -2.07. The zero-order chi connectivity index (χ0) is 25.5. The van der Waals surface area contributed by atoms with Gasteiger partial charge >= 0.3 is 0 Å². The number of carbonyl (C=O) groups excluding carboxylic acids is 1. The van der Waals surface area contributed by atoms with E-state index in [0.717, 1.165) is 12.3 Å². The monoisotopic (exact) mass is 427 g/mol. The topological polar surface area (TPSA) is 97.4 Å². The Morgan fingerprint density at radius 3 is 2.71 bits per heavy atom. The van der Waals surface area contributed by atoms with E-state index in [1.165, 1.54) is 0 Å². The summed E-state index contributed by atoms with van der Waals surface area (Å²) in [7, 11) is 1.58. The van der Waals surface area contributed by atoms with Gasteiger partial charge in [0.15, 0.2) is 11.6 Å². The molecule has 0 spiro atoms. The normalized spacial score (nSPS) is 12.1. The molecule has 0 fully saturated rings. The van der Waals surface area contributed by atoms with Gasteiger partial charge in [0.05, 0.1) is 18.3 Å². The molecule has 160 valence electrons. The number of benzene rings is 2. The number of anilines is 5. The predicted octanol–water partition coefficient (Wildman–Crippen LogP) is 4.25. The predicted molar refractivity (Wildman–Crippen MR) is 118 cm³/mol. The summed E-state index contributed by atoms with van der Waals surface area (Å²) < 4.78 is 57.2. The van der Waals surface area contributed by atoms with Gasteiger partial charge in [-0.25, -0.2) is 9.37 Å². The summed E-state index contributed by atoms with van der Waals surface area (Å²) in [5.41, 5.74) is -0.0454. The fourth-order valence-electron chi connectivity index (χ4n) is 2.28. The molecule has 0 unspecified atom stereocenters. The number of amides is 1. The van der Waals surface area contributed by atoms with Crippen molar-refractivity contribution in [2.75, 3.05) is 36.3 Å². The minimum Gasteiger partial charge on any atom is -0.491 e. The molecule has 0 aliphatic rings. The molecule has 1 amide bonds. The van der Waals surface area contributed by atoms with E-state index < -0.39 is 35.9 Å². The van der Waals surface area contributed by atoms with E-state index in [4.69, 9.17) is 15.0 Å². The van der Waals surface area contributed by atoms with Crippen molar-refractivity contribution in [1.82, 2.24) is 9.97 Å². The van der Waals surface area contributed by atoms with Crippen molar-refractivity contribution in [3.8, 4) is 5.75 Å². The van der Waals surface area contributed by atoms with Crippen LogP contribution in [0.15, 0.2) is 67.3 Å². The maximum Gasteiger partial charge on any atom is 0.247 e. The summed E-state index contributed by atoms with van der Waals surface area (Å²) in [5, 5.41) is 7.70. The summed E-state index contributed by atoms with van der Waals surface area (Å²) in [6.07, 6.45) is 1.83. The average Bonchev–Trinajstić information content (AvgIpc) is 2.86. The number of nitrogens with one attached hydrogen (secondary N) is 3. The van der Waals surface area contributed by atoms with Crippen LogP contribution in [0.4, 0.5) is 33.2 Å². The molecular formula is C22H22FN5O3. The zero-order valence-electron chi connectivity index (χ0n) is 20.6. The second-order valence-electron chi connectivity index (χ2n) is 5.95. The molecule has 3 aromatic rings. The van der Waals surface area contributed by atoms with Crippen molar-refractivity contribution in [2.45, 2.75) is 0 Å². The third kappa shape index (κ3) is 6.51. The third-order valence-electron chi connectivity index (χ3n) is 3.71. The fourth-order valence-corrected chi connectivity index (χ4v) is 2.28. The number of hydrogen-bond acceptors (Lipinski definition) is 7. The van der Waals surface area contributed by atoms with Crippen LogP contribution in [0.3, 0.4) is 0 Å². The van der Waals surface area contributed by atoms with Crippen LogP contribution in [0.2, 0.25) is 0 Å². The number of halogens is 1. The first kappa shape index (κ1) is 16.8. The van der Waals surface area contributed by atoms with Crippen LogP contribution >= 0.6 is 0 Å². The number of hydrogen-bond donors (Lipinski definition) is 3. The minimum atomic E-state index is -0.880. The van der Waals surface area contributed by atoms with E-state index in [1.54, 1.807) is 31.4 Å². The van der Waals surface area contributed by atoms with Crippen LogP contribution in [-0.4, -0.2) is 36.2 Å². The van der Waals surface area contributed by atoms with Gasteiger partial charge in [0.2, 0.25) is 11.9 Å². The van der Waals surface area contributed by atoms with Crippen molar-refractivity contribution in [2.24, 2.45) is 0 Å². The fraction of sp³-hybridized carbons (Fsp3) is 0.136. The largest absolute Gasteiger partial charge is 0.491 e. The number of carbonyl (C=O) groups is 1. The van der Waals surface area contributed by atoms with Crippen molar-refractivity contribution in [3.63, 3.8) is 0 Å². The van der Waals surface area contributed by atoms with Crippen molar-refractivity contribution >= 4 is 34.7 Å². The highest BCUT2D eigenvalue weighted by molar-refractivity contribution is 5.99. The number of methoxy groups -OCH3 is 1. The highest BCUT2D eigenvalue weighted by Gasteiger charge is 2.09. The van der Waals surface area contributed by atoms with Crippen LogP contribution in [0.5, 0.6) is 5.75 Å². The Balaban J connectivity index is 1.86. The minimum absolute atomic E-state index is 0.0170. The van der Waals surface area contributed by atoms with Crippen LogP contribution in [0.25, 0.3) is 0 Å².